The van der Waals surface area contributed by atoms with Crippen LogP contribution in [-0.4, -0.2) is 52.0 Å². The van der Waals surface area contributed by atoms with Crippen LogP contribution in [0.25, 0.3) is 11.0 Å². The molecule has 8 nitrogen and oxygen atoms in total. The molecule has 1 fully saturated rings. The summed E-state index contributed by atoms with van der Waals surface area (Å²) in [5.41, 5.74) is 4.87. The Morgan fingerprint density at radius 1 is 1.25 bits per heavy atom. The summed E-state index contributed by atoms with van der Waals surface area (Å²) in [6, 6.07) is 10.5. The summed E-state index contributed by atoms with van der Waals surface area (Å²) in [5.74, 6) is 0.943. The van der Waals surface area contributed by atoms with Crippen molar-refractivity contribution in [2.45, 2.75) is 51.2 Å². The topological polar surface area (TPSA) is 89.6 Å². The van der Waals surface area contributed by atoms with Gasteiger partial charge in [-0.1, -0.05) is 6.07 Å². The van der Waals surface area contributed by atoms with Crippen LogP contribution in [0, 0.1) is 0 Å². The molecule has 0 spiro atoms. The Morgan fingerprint density at radius 2 is 2.06 bits per heavy atom. The number of ether oxygens (including phenoxy) is 1. The fourth-order valence-corrected chi connectivity index (χ4v) is 4.81. The summed E-state index contributed by atoms with van der Waals surface area (Å²) in [6.45, 7) is 4.04. The molecule has 4 heterocycles. The van der Waals surface area contributed by atoms with E-state index in [1.165, 1.54) is 16.8 Å². The third kappa shape index (κ3) is 4.14. The van der Waals surface area contributed by atoms with Crippen molar-refractivity contribution >= 4 is 23.2 Å². The van der Waals surface area contributed by atoms with E-state index in [9.17, 15) is 4.79 Å². The molecule has 0 saturated carbocycles. The van der Waals surface area contributed by atoms with Gasteiger partial charge in [0, 0.05) is 43.2 Å². The molecular weight excluding hydrogens is 408 g/mol. The number of hydrogen-bond acceptors (Lipinski definition) is 5. The van der Waals surface area contributed by atoms with Crippen LogP contribution >= 0.6 is 0 Å². The van der Waals surface area contributed by atoms with Crippen molar-refractivity contribution in [2.24, 2.45) is 0 Å². The summed E-state index contributed by atoms with van der Waals surface area (Å²) < 4.78 is 9.88. The third-order valence-corrected chi connectivity index (χ3v) is 6.58. The summed E-state index contributed by atoms with van der Waals surface area (Å²) in [5, 5.41) is 6.89. The van der Waals surface area contributed by atoms with Crippen LogP contribution in [0.1, 0.15) is 43.6 Å². The number of nitrogens with zero attached hydrogens (tertiary/aromatic N) is 4. The maximum absolute atomic E-state index is 12.3. The van der Waals surface area contributed by atoms with Crippen molar-refractivity contribution in [1.82, 2.24) is 14.1 Å². The highest BCUT2D eigenvalue weighted by Gasteiger charge is 2.27. The molecule has 1 aromatic carbocycles. The van der Waals surface area contributed by atoms with Gasteiger partial charge in [0.15, 0.2) is 0 Å². The highest BCUT2D eigenvalue weighted by Crippen LogP contribution is 2.37. The van der Waals surface area contributed by atoms with Crippen molar-refractivity contribution in [3.8, 4) is 0 Å². The van der Waals surface area contributed by atoms with Gasteiger partial charge >= 0.3 is 0 Å². The van der Waals surface area contributed by atoms with Gasteiger partial charge in [-0.2, -0.15) is 0 Å². The van der Waals surface area contributed by atoms with Crippen molar-refractivity contribution in [3.05, 3.63) is 58.3 Å². The summed E-state index contributed by atoms with van der Waals surface area (Å²) in [6.07, 6.45) is 6.15. The number of pyridine rings is 1. The number of imidazole rings is 1. The summed E-state index contributed by atoms with van der Waals surface area (Å²) >= 11 is 0. The minimum atomic E-state index is -0.250. The Bertz CT molecular complexity index is 1150. The molecule has 2 aliphatic heterocycles. The zero-order valence-corrected chi connectivity index (χ0v) is 18.6. The summed E-state index contributed by atoms with van der Waals surface area (Å²) in [4.78, 5) is 28.2. The molecule has 8 heteroatoms. The van der Waals surface area contributed by atoms with Crippen molar-refractivity contribution in [3.63, 3.8) is 0 Å². The minimum absolute atomic E-state index is 0.00147. The van der Waals surface area contributed by atoms with Gasteiger partial charge in [-0.25, -0.2) is 4.98 Å². The molecule has 2 unspecified atom stereocenters. The van der Waals surface area contributed by atoms with Gasteiger partial charge in [-0.3, -0.25) is 9.59 Å². The van der Waals surface area contributed by atoms with Gasteiger partial charge in [0.1, 0.15) is 5.82 Å². The van der Waals surface area contributed by atoms with Crippen LogP contribution in [0.2, 0.25) is 0 Å². The zero-order valence-electron chi connectivity index (χ0n) is 18.6. The monoisotopic (exact) mass is 438 g/mol. The van der Waals surface area contributed by atoms with Gasteiger partial charge in [-0.05, 0) is 50.8 Å². The second-order valence-corrected chi connectivity index (χ2v) is 8.47. The Hall–Kier alpha value is -3.13. The fourth-order valence-electron chi connectivity index (χ4n) is 4.81. The van der Waals surface area contributed by atoms with Crippen LogP contribution in [-0.2, 0) is 22.5 Å². The number of hydrogen-bond donors (Lipinski definition) is 1. The third-order valence-electron chi connectivity index (χ3n) is 6.58. The smallest absolute Gasteiger partial charge is 0.290 e. The first-order valence-electron chi connectivity index (χ1n) is 11.1. The number of aryl methyl sites for hydroxylation is 1. The molecule has 170 valence electrons. The maximum atomic E-state index is 12.3. The Morgan fingerprint density at radius 3 is 2.78 bits per heavy atom. The first kappa shape index (κ1) is 22.1. The molecule has 32 heavy (non-hydrogen) atoms. The first-order valence-corrected chi connectivity index (χ1v) is 11.1. The number of benzene rings is 1. The number of rotatable bonds is 3. The Kier molecular flexibility index (Phi) is 6.60. The van der Waals surface area contributed by atoms with Crippen molar-refractivity contribution < 1.29 is 14.6 Å². The number of carbonyl (C=O) groups is 1. The standard InChI is InChI=1S/C23H28N4O2.CH2O2/c1-16-8-9-18-19(25(16)2)10-11-20-23(18)24-21(14-26-12-4-3-7-22(26)28)27(20)17-6-5-13-29-15-17;2-1-3/h3-4,7,10-12,16-17H,5-6,8-9,13-15H2,1-2H3;1H,(H,2,3). The van der Waals surface area contributed by atoms with Crippen LogP contribution in [0.5, 0.6) is 0 Å². The van der Waals surface area contributed by atoms with Crippen LogP contribution in [0.15, 0.2) is 41.3 Å². The van der Waals surface area contributed by atoms with Gasteiger partial charge < -0.3 is 23.9 Å². The average Bonchev–Trinajstić information content (AvgIpc) is 3.17. The van der Waals surface area contributed by atoms with E-state index in [2.05, 4.69) is 35.6 Å². The maximum Gasteiger partial charge on any atom is 0.290 e. The SMILES string of the molecule is CC1CCc2c(ccc3c2nc(Cn2ccccc2=O)n3C2CCCOC2)N1C.O=CO. The lowest BCUT2D eigenvalue weighted by atomic mass is 9.96. The van der Waals surface area contributed by atoms with Crippen molar-refractivity contribution in [1.29, 1.82) is 0 Å². The van der Waals surface area contributed by atoms with E-state index < -0.39 is 0 Å². The molecular formula is C24H30N4O4. The van der Waals surface area contributed by atoms with E-state index in [-0.39, 0.29) is 18.1 Å². The van der Waals surface area contributed by atoms with E-state index in [4.69, 9.17) is 19.6 Å². The highest BCUT2D eigenvalue weighted by atomic mass is 16.5. The fraction of sp³-hybridized carbons (Fsp3) is 0.458. The predicted molar refractivity (Wildman–Crippen MR) is 124 cm³/mol. The molecule has 0 radical (unpaired) electrons. The number of fused-ring (bicyclic) bond motifs is 3. The molecule has 5 rings (SSSR count). The number of carboxylic acid groups (broad SMARTS) is 1. The lowest BCUT2D eigenvalue weighted by Gasteiger charge is -2.34. The van der Waals surface area contributed by atoms with Crippen molar-refractivity contribution in [2.75, 3.05) is 25.2 Å². The van der Waals surface area contributed by atoms with Crippen LogP contribution < -0.4 is 10.5 Å². The lowest BCUT2D eigenvalue weighted by molar-refractivity contribution is -0.122. The zero-order chi connectivity index (χ0) is 22.7. The number of anilines is 1. The molecule has 3 aromatic rings. The largest absolute Gasteiger partial charge is 0.483 e. The minimum Gasteiger partial charge on any atom is -0.483 e. The van der Waals surface area contributed by atoms with Gasteiger partial charge in [-0.15, -0.1) is 0 Å². The van der Waals surface area contributed by atoms with E-state index in [1.54, 1.807) is 16.7 Å². The molecule has 0 bridgehead atoms. The molecule has 2 aromatic heterocycles. The second kappa shape index (κ2) is 9.56. The molecule has 2 aliphatic rings. The van der Waals surface area contributed by atoms with E-state index in [0.29, 0.717) is 19.2 Å². The molecule has 0 aliphatic carbocycles. The quantitative estimate of drug-likeness (QED) is 0.632. The second-order valence-electron chi connectivity index (χ2n) is 8.47. The van der Waals surface area contributed by atoms with E-state index in [0.717, 1.165) is 43.6 Å². The molecule has 2 atom stereocenters. The molecule has 1 saturated heterocycles. The Labute approximate surface area is 187 Å². The molecule has 1 N–H and O–H groups in total. The van der Waals surface area contributed by atoms with E-state index in [1.807, 2.05) is 12.3 Å². The Balaban J connectivity index is 0.000000775. The van der Waals surface area contributed by atoms with Crippen LogP contribution in [0.3, 0.4) is 0 Å². The van der Waals surface area contributed by atoms with Gasteiger partial charge in [0.2, 0.25) is 0 Å². The normalized spacial score (nSPS) is 20.4. The highest BCUT2D eigenvalue weighted by molar-refractivity contribution is 5.86. The van der Waals surface area contributed by atoms with Crippen LogP contribution in [0.4, 0.5) is 5.69 Å². The molecule has 0 amide bonds. The average molecular weight is 439 g/mol. The predicted octanol–water partition coefficient (Wildman–Crippen LogP) is 3.07. The lowest BCUT2D eigenvalue weighted by Crippen LogP contribution is -2.33. The first-order chi connectivity index (χ1) is 15.5. The number of aromatic nitrogens is 3. The van der Waals surface area contributed by atoms with Gasteiger partial charge in [0.05, 0.1) is 30.2 Å². The van der Waals surface area contributed by atoms with E-state index >= 15 is 0 Å². The summed E-state index contributed by atoms with van der Waals surface area (Å²) in [7, 11) is 2.17. The van der Waals surface area contributed by atoms with Gasteiger partial charge in [0.25, 0.3) is 12.0 Å².